The van der Waals surface area contributed by atoms with Crippen LogP contribution in [0.2, 0.25) is 0 Å². The minimum absolute atomic E-state index is 0.00245. The van der Waals surface area contributed by atoms with E-state index in [4.69, 9.17) is 0 Å². The number of thiazole rings is 1. The number of carbonyl (C=O) groups is 1. The standard InChI is InChI=1S/C16H13FN4O2S/c17-11-3-1-10(2-4-11)14(22)8-20-15(23)13-9-24-16(21-13)12-7-18-5-6-19-12/h1-7,9,14,22H,8H2,(H,20,23). The number of aliphatic hydroxyl groups is 1. The van der Waals surface area contributed by atoms with Gasteiger partial charge in [-0.3, -0.25) is 14.8 Å². The third-order valence-corrected chi connectivity index (χ3v) is 4.09. The fourth-order valence-corrected chi connectivity index (χ4v) is 2.75. The van der Waals surface area contributed by atoms with Crippen molar-refractivity contribution in [1.29, 1.82) is 0 Å². The van der Waals surface area contributed by atoms with Gasteiger partial charge in [-0.15, -0.1) is 11.3 Å². The summed E-state index contributed by atoms with van der Waals surface area (Å²) in [6.07, 6.45) is 3.75. The van der Waals surface area contributed by atoms with E-state index in [1.165, 1.54) is 35.6 Å². The summed E-state index contributed by atoms with van der Waals surface area (Å²) in [6, 6.07) is 5.46. The number of carbonyl (C=O) groups excluding carboxylic acids is 1. The minimum Gasteiger partial charge on any atom is -0.387 e. The maximum atomic E-state index is 12.9. The molecule has 0 aliphatic rings. The highest BCUT2D eigenvalue weighted by Crippen LogP contribution is 2.20. The third kappa shape index (κ3) is 3.79. The summed E-state index contributed by atoms with van der Waals surface area (Å²) in [4.78, 5) is 24.4. The predicted molar refractivity (Wildman–Crippen MR) is 86.8 cm³/mol. The Kier molecular flexibility index (Phi) is 4.88. The lowest BCUT2D eigenvalue weighted by molar-refractivity contribution is 0.0912. The second-order valence-electron chi connectivity index (χ2n) is 4.91. The monoisotopic (exact) mass is 344 g/mol. The molecule has 8 heteroatoms. The maximum absolute atomic E-state index is 12.9. The first kappa shape index (κ1) is 16.2. The van der Waals surface area contributed by atoms with E-state index in [1.54, 1.807) is 24.0 Å². The highest BCUT2D eigenvalue weighted by atomic mass is 32.1. The first-order valence-corrected chi connectivity index (χ1v) is 7.95. The molecule has 1 aromatic carbocycles. The van der Waals surface area contributed by atoms with Crippen LogP contribution in [0.5, 0.6) is 0 Å². The van der Waals surface area contributed by atoms with E-state index in [0.717, 1.165) is 0 Å². The van der Waals surface area contributed by atoms with Crippen LogP contribution in [0.3, 0.4) is 0 Å². The van der Waals surface area contributed by atoms with E-state index in [-0.39, 0.29) is 18.1 Å². The Morgan fingerprint density at radius 2 is 2.08 bits per heavy atom. The van der Waals surface area contributed by atoms with Crippen LogP contribution in [0.1, 0.15) is 22.2 Å². The van der Waals surface area contributed by atoms with Crippen molar-refractivity contribution in [1.82, 2.24) is 20.3 Å². The molecule has 2 aromatic heterocycles. The number of nitrogens with one attached hydrogen (secondary N) is 1. The summed E-state index contributed by atoms with van der Waals surface area (Å²) in [5.41, 5.74) is 1.36. The quantitative estimate of drug-likeness (QED) is 0.741. The number of aliphatic hydroxyl groups excluding tert-OH is 1. The smallest absolute Gasteiger partial charge is 0.270 e. The molecule has 1 amide bonds. The SMILES string of the molecule is O=C(NCC(O)c1ccc(F)cc1)c1csc(-c2cnccn2)n1. The lowest BCUT2D eigenvalue weighted by atomic mass is 10.1. The first-order chi connectivity index (χ1) is 11.6. The van der Waals surface area contributed by atoms with Crippen LogP contribution in [0.25, 0.3) is 10.7 Å². The second-order valence-corrected chi connectivity index (χ2v) is 5.76. The summed E-state index contributed by atoms with van der Waals surface area (Å²) in [5.74, 6) is -0.781. The molecular weight excluding hydrogens is 331 g/mol. The van der Waals surface area contributed by atoms with E-state index in [2.05, 4.69) is 20.3 Å². The van der Waals surface area contributed by atoms with Gasteiger partial charge in [-0.25, -0.2) is 9.37 Å². The molecule has 0 aliphatic heterocycles. The molecule has 0 saturated heterocycles. The average Bonchev–Trinajstić information content (AvgIpc) is 3.11. The first-order valence-electron chi connectivity index (χ1n) is 7.07. The molecule has 2 heterocycles. The van der Waals surface area contributed by atoms with E-state index in [9.17, 15) is 14.3 Å². The van der Waals surface area contributed by atoms with Crippen molar-refractivity contribution in [3.8, 4) is 10.7 Å². The molecule has 0 fully saturated rings. The Morgan fingerprint density at radius 1 is 1.29 bits per heavy atom. The van der Waals surface area contributed by atoms with Crippen molar-refractivity contribution < 1.29 is 14.3 Å². The van der Waals surface area contributed by atoms with Crippen molar-refractivity contribution in [2.75, 3.05) is 6.54 Å². The number of rotatable bonds is 5. The average molecular weight is 344 g/mol. The van der Waals surface area contributed by atoms with Gasteiger partial charge >= 0.3 is 0 Å². The molecule has 0 radical (unpaired) electrons. The van der Waals surface area contributed by atoms with Gasteiger partial charge in [0.25, 0.3) is 5.91 Å². The van der Waals surface area contributed by atoms with Gasteiger partial charge in [0.2, 0.25) is 0 Å². The molecule has 0 spiro atoms. The Bertz CT molecular complexity index is 824. The van der Waals surface area contributed by atoms with Crippen LogP contribution < -0.4 is 5.32 Å². The lowest BCUT2D eigenvalue weighted by Crippen LogP contribution is -2.28. The molecule has 2 N–H and O–H groups in total. The van der Waals surface area contributed by atoms with Gasteiger partial charge in [0.15, 0.2) is 0 Å². The largest absolute Gasteiger partial charge is 0.387 e. The number of nitrogens with zero attached hydrogens (tertiary/aromatic N) is 3. The maximum Gasteiger partial charge on any atom is 0.270 e. The second kappa shape index (κ2) is 7.24. The van der Waals surface area contributed by atoms with Gasteiger partial charge in [0.1, 0.15) is 22.2 Å². The zero-order valence-corrected chi connectivity index (χ0v) is 13.2. The molecule has 24 heavy (non-hydrogen) atoms. The molecular formula is C16H13FN4O2S. The number of hydrogen-bond donors (Lipinski definition) is 2. The zero-order chi connectivity index (χ0) is 16.9. The van der Waals surface area contributed by atoms with Crippen LogP contribution in [0.4, 0.5) is 4.39 Å². The highest BCUT2D eigenvalue weighted by Gasteiger charge is 2.14. The molecule has 6 nitrogen and oxygen atoms in total. The lowest BCUT2D eigenvalue weighted by Gasteiger charge is -2.11. The van der Waals surface area contributed by atoms with E-state index < -0.39 is 12.0 Å². The van der Waals surface area contributed by atoms with E-state index >= 15 is 0 Å². The Balaban J connectivity index is 1.61. The van der Waals surface area contributed by atoms with Gasteiger partial charge in [-0.2, -0.15) is 0 Å². The zero-order valence-electron chi connectivity index (χ0n) is 12.4. The van der Waals surface area contributed by atoms with Crippen molar-refractivity contribution in [2.24, 2.45) is 0 Å². The van der Waals surface area contributed by atoms with Crippen LogP contribution >= 0.6 is 11.3 Å². The van der Waals surface area contributed by atoms with Crippen molar-refractivity contribution in [2.45, 2.75) is 6.10 Å². The molecule has 1 unspecified atom stereocenters. The Morgan fingerprint density at radius 3 is 2.79 bits per heavy atom. The van der Waals surface area contributed by atoms with Gasteiger partial charge in [0.05, 0.1) is 12.3 Å². The normalized spacial score (nSPS) is 11.9. The topological polar surface area (TPSA) is 88.0 Å². The molecule has 0 aliphatic carbocycles. The van der Waals surface area contributed by atoms with Gasteiger partial charge in [0, 0.05) is 24.3 Å². The number of aromatic nitrogens is 3. The Hall–Kier alpha value is -2.71. The summed E-state index contributed by atoms with van der Waals surface area (Å²) >= 11 is 1.28. The van der Waals surface area contributed by atoms with Crippen molar-refractivity contribution >= 4 is 17.2 Å². The number of amides is 1. The number of benzene rings is 1. The highest BCUT2D eigenvalue weighted by molar-refractivity contribution is 7.13. The van der Waals surface area contributed by atoms with Crippen LogP contribution in [-0.4, -0.2) is 32.5 Å². The molecule has 3 rings (SSSR count). The number of halogens is 1. The fourth-order valence-electron chi connectivity index (χ4n) is 1.99. The molecule has 3 aromatic rings. The van der Waals surface area contributed by atoms with Crippen LogP contribution in [0.15, 0.2) is 48.2 Å². The van der Waals surface area contributed by atoms with Gasteiger partial charge in [-0.1, -0.05) is 12.1 Å². The summed E-state index contributed by atoms with van der Waals surface area (Å²) in [7, 11) is 0. The number of hydrogen-bond acceptors (Lipinski definition) is 6. The minimum atomic E-state index is -0.923. The summed E-state index contributed by atoms with van der Waals surface area (Å²) in [5, 5.41) is 14.8. The van der Waals surface area contributed by atoms with Gasteiger partial charge in [-0.05, 0) is 17.7 Å². The molecule has 0 saturated carbocycles. The fraction of sp³-hybridized carbons (Fsp3) is 0.125. The van der Waals surface area contributed by atoms with Crippen LogP contribution in [0, 0.1) is 5.82 Å². The van der Waals surface area contributed by atoms with Crippen LogP contribution in [-0.2, 0) is 0 Å². The van der Waals surface area contributed by atoms with Crippen molar-refractivity contribution in [3.05, 3.63) is 65.3 Å². The third-order valence-electron chi connectivity index (χ3n) is 3.23. The molecule has 1 atom stereocenters. The molecule has 0 bridgehead atoms. The van der Waals surface area contributed by atoms with E-state index in [1.807, 2.05) is 0 Å². The van der Waals surface area contributed by atoms with Gasteiger partial charge < -0.3 is 10.4 Å². The molecule has 122 valence electrons. The summed E-state index contributed by atoms with van der Waals surface area (Å²) in [6.45, 7) is 0.00245. The van der Waals surface area contributed by atoms with E-state index in [0.29, 0.717) is 16.3 Å². The predicted octanol–water partition coefficient (Wildman–Crippen LogP) is 2.20. The van der Waals surface area contributed by atoms with Crippen molar-refractivity contribution in [3.63, 3.8) is 0 Å². The Labute approximate surface area is 141 Å². The summed E-state index contributed by atoms with van der Waals surface area (Å²) < 4.78 is 12.9.